The van der Waals surface area contributed by atoms with Crippen LogP contribution in [0.25, 0.3) is 0 Å². The molecule has 1 aromatic carbocycles. The number of fused-ring (bicyclic) bond motifs is 2. The van der Waals surface area contributed by atoms with Gasteiger partial charge in [0.2, 0.25) is 0 Å². The summed E-state index contributed by atoms with van der Waals surface area (Å²) in [5, 5.41) is 21.3. The molecule has 3 nitrogen and oxygen atoms in total. The largest absolute Gasteiger partial charge is 0.384 e. The number of benzene rings is 1. The molecule has 106 valence electrons. The number of halogens is 2. The van der Waals surface area contributed by atoms with Crippen LogP contribution in [0.1, 0.15) is 31.7 Å². The monoisotopic (exact) mass is 355 g/mol. The number of hydrogen-bond donors (Lipinski definition) is 1. The molecule has 0 spiro atoms. The van der Waals surface area contributed by atoms with Crippen LogP contribution in [0.15, 0.2) is 22.7 Å². The normalized spacial score (nSPS) is 34.8. The van der Waals surface area contributed by atoms with Gasteiger partial charge in [-0.25, -0.2) is 0 Å². The van der Waals surface area contributed by atoms with E-state index in [0.29, 0.717) is 17.0 Å². The van der Waals surface area contributed by atoms with Gasteiger partial charge in [0, 0.05) is 15.1 Å². The van der Waals surface area contributed by atoms with E-state index in [4.69, 9.17) is 16.3 Å². The van der Waals surface area contributed by atoms with Crippen LogP contribution in [-0.4, -0.2) is 17.3 Å². The fourth-order valence-corrected chi connectivity index (χ4v) is 4.43. The minimum Gasteiger partial charge on any atom is -0.384 e. The summed E-state index contributed by atoms with van der Waals surface area (Å²) in [5.74, 6) is 0. The molecule has 2 heterocycles. The molecule has 0 radical (unpaired) electrons. The van der Waals surface area contributed by atoms with Crippen molar-refractivity contribution in [3.8, 4) is 6.07 Å². The van der Waals surface area contributed by atoms with Crippen molar-refractivity contribution in [3.63, 3.8) is 0 Å². The molecule has 0 aliphatic carbocycles. The third-order valence-electron chi connectivity index (χ3n) is 4.73. The molecule has 0 aromatic heterocycles. The average Bonchev–Trinajstić information content (AvgIpc) is 2.98. The Balaban J connectivity index is 2.09. The molecule has 2 aliphatic heterocycles. The SMILES string of the molecule is CC(O)(c1ccc(Br)cc1Cl)C1(C#N)CC2CCC1O2. The lowest BCUT2D eigenvalue weighted by Gasteiger charge is -2.42. The molecule has 2 saturated heterocycles. The number of ether oxygens (including phenoxy) is 1. The molecule has 1 N–H and O–H groups in total. The Hall–Kier alpha value is -0.600. The summed E-state index contributed by atoms with van der Waals surface area (Å²) >= 11 is 9.63. The number of nitrogens with zero attached hydrogens (tertiary/aromatic N) is 1. The molecular formula is C15H15BrClNO2. The maximum atomic E-state index is 11.1. The maximum absolute atomic E-state index is 11.1. The number of rotatable bonds is 2. The van der Waals surface area contributed by atoms with Crippen molar-refractivity contribution < 1.29 is 9.84 Å². The zero-order valence-electron chi connectivity index (χ0n) is 11.1. The van der Waals surface area contributed by atoms with Crippen molar-refractivity contribution in [2.75, 3.05) is 0 Å². The Morgan fingerprint density at radius 1 is 1.55 bits per heavy atom. The van der Waals surface area contributed by atoms with Crippen LogP contribution in [0.4, 0.5) is 0 Å². The molecule has 2 aliphatic rings. The Morgan fingerprint density at radius 2 is 2.30 bits per heavy atom. The lowest BCUT2D eigenvalue weighted by molar-refractivity contribution is -0.0772. The van der Waals surface area contributed by atoms with Crippen LogP contribution in [0.5, 0.6) is 0 Å². The first-order chi connectivity index (χ1) is 9.40. The second kappa shape index (κ2) is 4.71. The van der Waals surface area contributed by atoms with Crippen LogP contribution in [0, 0.1) is 16.7 Å². The van der Waals surface area contributed by atoms with Crippen LogP contribution >= 0.6 is 27.5 Å². The lowest BCUT2D eigenvalue weighted by atomic mass is 9.62. The summed E-state index contributed by atoms with van der Waals surface area (Å²) in [6.07, 6.45) is 2.22. The number of hydrogen-bond acceptors (Lipinski definition) is 3. The molecule has 4 atom stereocenters. The van der Waals surface area contributed by atoms with Crippen LogP contribution in [0.3, 0.4) is 0 Å². The van der Waals surface area contributed by atoms with Gasteiger partial charge in [0.25, 0.3) is 0 Å². The molecule has 2 bridgehead atoms. The minimum atomic E-state index is -1.33. The van der Waals surface area contributed by atoms with E-state index in [2.05, 4.69) is 22.0 Å². The van der Waals surface area contributed by atoms with Gasteiger partial charge >= 0.3 is 0 Å². The first-order valence-corrected chi connectivity index (χ1v) is 7.82. The van der Waals surface area contributed by atoms with Crippen molar-refractivity contribution in [1.82, 2.24) is 0 Å². The van der Waals surface area contributed by atoms with E-state index in [1.807, 2.05) is 6.07 Å². The van der Waals surface area contributed by atoms with Gasteiger partial charge in [-0.05, 0) is 38.3 Å². The first kappa shape index (κ1) is 14.3. The predicted octanol–water partition coefficient (Wildman–Crippen LogP) is 3.77. The second-order valence-corrected chi connectivity index (χ2v) is 7.13. The van der Waals surface area contributed by atoms with E-state index in [1.165, 1.54) is 0 Å². The van der Waals surface area contributed by atoms with Gasteiger partial charge in [-0.2, -0.15) is 5.26 Å². The third-order valence-corrected chi connectivity index (χ3v) is 5.54. The second-order valence-electron chi connectivity index (χ2n) is 5.81. The Bertz CT molecular complexity index is 598. The van der Waals surface area contributed by atoms with Gasteiger partial charge in [0.05, 0.1) is 18.3 Å². The van der Waals surface area contributed by atoms with Gasteiger partial charge in [-0.1, -0.05) is 33.6 Å². The summed E-state index contributed by atoms with van der Waals surface area (Å²) < 4.78 is 6.66. The molecule has 0 saturated carbocycles. The van der Waals surface area contributed by atoms with Crippen molar-refractivity contribution in [3.05, 3.63) is 33.3 Å². The molecule has 2 fully saturated rings. The minimum absolute atomic E-state index is 0.0837. The molecule has 4 unspecified atom stereocenters. The van der Waals surface area contributed by atoms with Crippen LogP contribution in [0.2, 0.25) is 5.02 Å². The molecule has 3 rings (SSSR count). The van der Waals surface area contributed by atoms with Gasteiger partial charge < -0.3 is 9.84 Å². The fourth-order valence-electron chi connectivity index (χ4n) is 3.57. The smallest absolute Gasteiger partial charge is 0.118 e. The summed E-state index contributed by atoms with van der Waals surface area (Å²) in [4.78, 5) is 0. The Kier molecular flexibility index (Phi) is 3.38. The highest BCUT2D eigenvalue weighted by atomic mass is 79.9. The molecule has 0 amide bonds. The van der Waals surface area contributed by atoms with E-state index in [-0.39, 0.29) is 12.2 Å². The molecular weight excluding hydrogens is 342 g/mol. The summed E-state index contributed by atoms with van der Waals surface area (Å²) in [6, 6.07) is 7.69. The van der Waals surface area contributed by atoms with E-state index < -0.39 is 11.0 Å². The van der Waals surface area contributed by atoms with E-state index >= 15 is 0 Å². The summed E-state index contributed by atoms with van der Waals surface area (Å²) in [7, 11) is 0. The van der Waals surface area contributed by atoms with Crippen molar-refractivity contribution >= 4 is 27.5 Å². The van der Waals surface area contributed by atoms with Crippen molar-refractivity contribution in [2.24, 2.45) is 5.41 Å². The van der Waals surface area contributed by atoms with Gasteiger partial charge in [0.15, 0.2) is 0 Å². The standard InChI is InChI=1S/C15H15BrClNO2/c1-14(19,11-4-2-9(16)6-12(11)17)15(8-18)7-10-3-5-13(15)20-10/h2,4,6,10,13,19H,3,5,7H2,1H3. The summed E-state index contributed by atoms with van der Waals surface area (Å²) in [6.45, 7) is 1.68. The zero-order chi connectivity index (χ0) is 14.5. The van der Waals surface area contributed by atoms with Gasteiger partial charge in [0.1, 0.15) is 11.0 Å². The molecule has 5 heteroatoms. The maximum Gasteiger partial charge on any atom is 0.118 e. The van der Waals surface area contributed by atoms with E-state index in [9.17, 15) is 10.4 Å². The molecule has 20 heavy (non-hydrogen) atoms. The average molecular weight is 357 g/mol. The highest BCUT2D eigenvalue weighted by molar-refractivity contribution is 9.10. The first-order valence-electron chi connectivity index (χ1n) is 6.65. The summed E-state index contributed by atoms with van der Waals surface area (Å²) in [5.41, 5.74) is -1.67. The highest BCUT2D eigenvalue weighted by Gasteiger charge is 2.62. The number of nitriles is 1. The van der Waals surface area contributed by atoms with Gasteiger partial charge in [-0.3, -0.25) is 0 Å². The quantitative estimate of drug-likeness (QED) is 0.877. The Morgan fingerprint density at radius 3 is 2.80 bits per heavy atom. The van der Waals surface area contributed by atoms with Crippen molar-refractivity contribution in [2.45, 2.75) is 44.0 Å². The number of aliphatic hydroxyl groups is 1. The third kappa shape index (κ3) is 1.84. The van der Waals surface area contributed by atoms with E-state index in [1.54, 1.807) is 19.1 Å². The van der Waals surface area contributed by atoms with Crippen LogP contribution in [-0.2, 0) is 10.3 Å². The van der Waals surface area contributed by atoms with Crippen LogP contribution < -0.4 is 0 Å². The zero-order valence-corrected chi connectivity index (χ0v) is 13.4. The van der Waals surface area contributed by atoms with Gasteiger partial charge in [-0.15, -0.1) is 0 Å². The topological polar surface area (TPSA) is 53.2 Å². The Labute approximate surface area is 131 Å². The predicted molar refractivity (Wildman–Crippen MR) is 79.3 cm³/mol. The molecule has 1 aromatic rings. The van der Waals surface area contributed by atoms with Crippen molar-refractivity contribution in [1.29, 1.82) is 5.26 Å². The van der Waals surface area contributed by atoms with E-state index in [0.717, 1.165) is 17.3 Å². The lowest BCUT2D eigenvalue weighted by Crippen LogP contribution is -2.49. The fraction of sp³-hybridized carbons (Fsp3) is 0.533. The highest BCUT2D eigenvalue weighted by Crippen LogP contribution is 2.57.